The van der Waals surface area contributed by atoms with Gasteiger partial charge in [-0.2, -0.15) is 0 Å². The van der Waals surface area contributed by atoms with Crippen molar-refractivity contribution in [2.24, 2.45) is 0 Å². The molecule has 1 aromatic rings. The van der Waals surface area contributed by atoms with Gasteiger partial charge < -0.3 is 24.6 Å². The van der Waals surface area contributed by atoms with Gasteiger partial charge in [0.1, 0.15) is 17.6 Å². The van der Waals surface area contributed by atoms with Gasteiger partial charge in [0, 0.05) is 18.2 Å². The van der Waals surface area contributed by atoms with Crippen LogP contribution in [0, 0.1) is 0 Å². The number of benzene rings is 1. The number of hydrogen-bond acceptors (Lipinski definition) is 5. The Morgan fingerprint density at radius 1 is 1.27 bits per heavy atom. The topological polar surface area (TPSA) is 94.1 Å². The number of carboxylic acids is 1. The third-order valence-corrected chi connectivity index (χ3v) is 3.53. The molecule has 1 heterocycles. The molecule has 2 atom stereocenters. The lowest BCUT2D eigenvalue weighted by Gasteiger charge is -2.14. The van der Waals surface area contributed by atoms with Gasteiger partial charge in [-0.05, 0) is 25.0 Å². The Balaban J connectivity index is 1.93. The number of amides is 1. The molecule has 0 bridgehead atoms. The first-order chi connectivity index (χ1) is 10.5. The predicted octanol–water partition coefficient (Wildman–Crippen LogP) is 0.952. The quantitative estimate of drug-likeness (QED) is 0.812. The lowest BCUT2D eigenvalue weighted by molar-refractivity contribution is -0.151. The van der Waals surface area contributed by atoms with E-state index < -0.39 is 18.2 Å². The van der Waals surface area contributed by atoms with Gasteiger partial charge in [0.15, 0.2) is 6.10 Å². The first-order valence-corrected chi connectivity index (χ1v) is 6.92. The monoisotopic (exact) mass is 309 g/mol. The Morgan fingerprint density at radius 2 is 2.00 bits per heavy atom. The van der Waals surface area contributed by atoms with E-state index in [9.17, 15) is 9.59 Å². The molecule has 22 heavy (non-hydrogen) atoms. The van der Waals surface area contributed by atoms with E-state index in [1.807, 2.05) is 0 Å². The van der Waals surface area contributed by atoms with Crippen LogP contribution in [-0.2, 0) is 20.9 Å². The fourth-order valence-electron chi connectivity index (χ4n) is 2.31. The maximum atomic E-state index is 12.0. The number of nitrogens with one attached hydrogen (secondary N) is 1. The third-order valence-electron chi connectivity index (χ3n) is 3.53. The molecule has 1 aromatic carbocycles. The molecular formula is C15H19NO6. The predicted molar refractivity (Wildman–Crippen MR) is 76.9 cm³/mol. The summed E-state index contributed by atoms with van der Waals surface area (Å²) >= 11 is 0. The summed E-state index contributed by atoms with van der Waals surface area (Å²) in [6, 6.07) is 5.30. The first-order valence-electron chi connectivity index (χ1n) is 6.92. The maximum absolute atomic E-state index is 12.0. The molecule has 1 aliphatic rings. The largest absolute Gasteiger partial charge is 0.497 e. The zero-order valence-electron chi connectivity index (χ0n) is 12.5. The highest BCUT2D eigenvalue weighted by Gasteiger charge is 2.34. The molecule has 2 rings (SSSR count). The number of rotatable bonds is 6. The molecule has 7 heteroatoms. The third kappa shape index (κ3) is 3.67. The lowest BCUT2D eigenvalue weighted by atomic mass is 10.1. The van der Waals surface area contributed by atoms with Gasteiger partial charge >= 0.3 is 5.97 Å². The number of carboxylic acid groups (broad SMARTS) is 1. The molecule has 0 aromatic heterocycles. The standard InChI is InChI=1S/C15H19NO6/c1-20-10-4-3-9(13(7-10)21-2)8-16-14(17)11-5-6-12(22-11)15(18)19/h3-4,7,11-12H,5-6,8H2,1-2H3,(H,16,17)(H,18,19)/t11-,12+/m0/s1. The minimum absolute atomic E-state index is 0.267. The normalized spacial score (nSPS) is 20.5. The van der Waals surface area contributed by atoms with Gasteiger partial charge in [0.25, 0.3) is 0 Å². The molecule has 1 saturated heterocycles. The zero-order chi connectivity index (χ0) is 16.1. The Labute approximate surface area is 128 Å². The van der Waals surface area contributed by atoms with Crippen LogP contribution in [0.25, 0.3) is 0 Å². The number of methoxy groups -OCH3 is 2. The van der Waals surface area contributed by atoms with Crippen LogP contribution >= 0.6 is 0 Å². The Morgan fingerprint density at radius 3 is 2.59 bits per heavy atom. The summed E-state index contributed by atoms with van der Waals surface area (Å²) in [4.78, 5) is 22.8. The van der Waals surface area contributed by atoms with Crippen LogP contribution in [-0.4, -0.2) is 43.4 Å². The van der Waals surface area contributed by atoms with Crippen molar-refractivity contribution in [1.82, 2.24) is 5.32 Å². The summed E-state index contributed by atoms with van der Waals surface area (Å²) in [5.74, 6) is -0.0838. The van der Waals surface area contributed by atoms with Crippen molar-refractivity contribution < 1.29 is 28.9 Å². The Kier molecular flexibility index (Phi) is 5.21. The van der Waals surface area contributed by atoms with Crippen molar-refractivity contribution in [1.29, 1.82) is 0 Å². The van der Waals surface area contributed by atoms with Crippen molar-refractivity contribution >= 4 is 11.9 Å². The zero-order valence-corrected chi connectivity index (χ0v) is 12.5. The van der Waals surface area contributed by atoms with Crippen LogP contribution in [0.1, 0.15) is 18.4 Å². The fraction of sp³-hybridized carbons (Fsp3) is 0.467. The summed E-state index contributed by atoms with van der Waals surface area (Å²) < 4.78 is 15.6. The van der Waals surface area contributed by atoms with E-state index in [2.05, 4.69) is 5.32 Å². The van der Waals surface area contributed by atoms with Crippen molar-refractivity contribution in [2.75, 3.05) is 14.2 Å². The highest BCUT2D eigenvalue weighted by molar-refractivity contribution is 5.82. The number of hydrogen-bond donors (Lipinski definition) is 2. The fourth-order valence-corrected chi connectivity index (χ4v) is 2.31. The lowest BCUT2D eigenvalue weighted by Crippen LogP contribution is -2.35. The van der Waals surface area contributed by atoms with Crippen LogP contribution in [0.2, 0.25) is 0 Å². The number of aliphatic carboxylic acids is 1. The SMILES string of the molecule is COc1ccc(CNC(=O)[C@@H]2CC[C@H](C(=O)O)O2)c(OC)c1. The van der Waals surface area contributed by atoms with Crippen molar-refractivity contribution in [2.45, 2.75) is 31.6 Å². The van der Waals surface area contributed by atoms with Crippen molar-refractivity contribution in [3.05, 3.63) is 23.8 Å². The van der Waals surface area contributed by atoms with Crippen LogP contribution in [0.3, 0.4) is 0 Å². The second kappa shape index (κ2) is 7.13. The minimum Gasteiger partial charge on any atom is -0.497 e. The van der Waals surface area contributed by atoms with E-state index in [0.717, 1.165) is 5.56 Å². The molecule has 0 radical (unpaired) electrons. The van der Waals surface area contributed by atoms with Gasteiger partial charge in [-0.3, -0.25) is 4.79 Å². The van der Waals surface area contributed by atoms with Gasteiger partial charge in [0.05, 0.1) is 14.2 Å². The van der Waals surface area contributed by atoms with Crippen LogP contribution in [0.5, 0.6) is 11.5 Å². The van der Waals surface area contributed by atoms with E-state index in [-0.39, 0.29) is 12.5 Å². The van der Waals surface area contributed by atoms with E-state index >= 15 is 0 Å². The summed E-state index contributed by atoms with van der Waals surface area (Å²) in [5, 5.41) is 11.6. The van der Waals surface area contributed by atoms with Crippen molar-refractivity contribution in [3.63, 3.8) is 0 Å². The summed E-state index contributed by atoms with van der Waals surface area (Å²) in [6.45, 7) is 0.267. The highest BCUT2D eigenvalue weighted by atomic mass is 16.5. The maximum Gasteiger partial charge on any atom is 0.332 e. The molecule has 0 unspecified atom stereocenters. The Hall–Kier alpha value is -2.28. The van der Waals surface area contributed by atoms with E-state index in [1.54, 1.807) is 25.3 Å². The molecule has 1 aliphatic heterocycles. The summed E-state index contributed by atoms with van der Waals surface area (Å²) in [5.41, 5.74) is 0.796. The summed E-state index contributed by atoms with van der Waals surface area (Å²) in [6.07, 6.45) is -0.862. The van der Waals surface area contributed by atoms with Crippen molar-refractivity contribution in [3.8, 4) is 11.5 Å². The van der Waals surface area contributed by atoms with E-state index in [1.165, 1.54) is 7.11 Å². The molecule has 0 saturated carbocycles. The second-order valence-corrected chi connectivity index (χ2v) is 4.92. The first kappa shape index (κ1) is 16.1. The minimum atomic E-state index is -1.04. The average Bonchev–Trinajstić information content (AvgIpc) is 3.02. The van der Waals surface area contributed by atoms with Crippen LogP contribution < -0.4 is 14.8 Å². The van der Waals surface area contributed by atoms with E-state index in [0.29, 0.717) is 24.3 Å². The summed E-state index contributed by atoms with van der Waals surface area (Å²) in [7, 11) is 3.10. The molecule has 2 N–H and O–H groups in total. The molecular weight excluding hydrogens is 290 g/mol. The van der Waals surface area contributed by atoms with E-state index in [4.69, 9.17) is 19.3 Å². The van der Waals surface area contributed by atoms with Crippen LogP contribution in [0.15, 0.2) is 18.2 Å². The number of carbonyl (C=O) groups is 2. The highest BCUT2D eigenvalue weighted by Crippen LogP contribution is 2.25. The van der Waals surface area contributed by atoms with Gasteiger partial charge in [0.2, 0.25) is 5.91 Å². The molecule has 1 fully saturated rings. The second-order valence-electron chi connectivity index (χ2n) is 4.92. The number of carbonyl (C=O) groups excluding carboxylic acids is 1. The molecule has 0 aliphatic carbocycles. The molecule has 120 valence electrons. The van der Waals surface area contributed by atoms with Gasteiger partial charge in [-0.25, -0.2) is 4.79 Å². The smallest absolute Gasteiger partial charge is 0.332 e. The molecule has 1 amide bonds. The van der Waals surface area contributed by atoms with Gasteiger partial charge in [-0.1, -0.05) is 0 Å². The van der Waals surface area contributed by atoms with Crippen LogP contribution in [0.4, 0.5) is 0 Å². The Bertz CT molecular complexity index is 559. The average molecular weight is 309 g/mol. The van der Waals surface area contributed by atoms with Gasteiger partial charge in [-0.15, -0.1) is 0 Å². The molecule has 0 spiro atoms. The molecule has 7 nitrogen and oxygen atoms in total. The number of ether oxygens (including phenoxy) is 3.